The first-order valence-corrected chi connectivity index (χ1v) is 8.71. The summed E-state index contributed by atoms with van der Waals surface area (Å²) in [5, 5.41) is 29.5. The fourth-order valence-electron chi connectivity index (χ4n) is 4.11. The highest BCUT2D eigenvalue weighted by Gasteiger charge is 2.53. The molecule has 0 aromatic heterocycles. The molecule has 1 aromatic carbocycles. The van der Waals surface area contributed by atoms with Gasteiger partial charge in [-0.25, -0.2) is 0 Å². The Morgan fingerprint density at radius 2 is 1.93 bits per heavy atom. The quantitative estimate of drug-likeness (QED) is 0.869. The van der Waals surface area contributed by atoms with Gasteiger partial charge in [-0.3, -0.25) is 4.79 Å². The number of carbonyl (C=O) groups is 1. The molecule has 0 saturated heterocycles. The number of nitriles is 3. The highest BCUT2D eigenvalue weighted by Crippen LogP contribution is 2.50. The van der Waals surface area contributed by atoms with Crippen LogP contribution in [0.2, 0.25) is 0 Å². The maximum atomic E-state index is 11.9. The van der Waals surface area contributed by atoms with Crippen LogP contribution in [0.1, 0.15) is 12.5 Å². The first kappa shape index (κ1) is 18.2. The van der Waals surface area contributed by atoms with Gasteiger partial charge in [0.25, 0.3) is 0 Å². The third kappa shape index (κ3) is 2.84. The second-order valence-electron chi connectivity index (χ2n) is 6.92. The lowest BCUT2D eigenvalue weighted by Gasteiger charge is -2.45. The minimum Gasteiger partial charge on any atom is -0.399 e. The highest BCUT2D eigenvalue weighted by molar-refractivity contribution is 5.74. The van der Waals surface area contributed by atoms with E-state index in [0.29, 0.717) is 19.5 Å². The molecule has 0 saturated carbocycles. The van der Waals surface area contributed by atoms with E-state index in [1.54, 1.807) is 4.90 Å². The van der Waals surface area contributed by atoms with Gasteiger partial charge >= 0.3 is 0 Å². The molecular weight excluding hydrogens is 338 g/mol. The molecule has 27 heavy (non-hydrogen) atoms. The van der Waals surface area contributed by atoms with Crippen LogP contribution < -0.4 is 5.73 Å². The van der Waals surface area contributed by atoms with Gasteiger partial charge in [-0.15, -0.1) is 0 Å². The molecule has 2 N–H and O–H groups in total. The number of rotatable bonds is 2. The second-order valence-corrected chi connectivity index (χ2v) is 6.92. The normalized spacial score (nSPS) is 23.3. The fraction of sp³-hybridized carbons (Fsp3) is 0.333. The molecule has 6 nitrogen and oxygen atoms in total. The number of hydrogen-bond donors (Lipinski definition) is 1. The van der Waals surface area contributed by atoms with Crippen LogP contribution in [-0.4, -0.2) is 23.9 Å². The van der Waals surface area contributed by atoms with Crippen LogP contribution in [-0.2, 0) is 11.2 Å². The van der Waals surface area contributed by atoms with Gasteiger partial charge in [0, 0.05) is 31.8 Å². The van der Waals surface area contributed by atoms with E-state index in [-0.39, 0.29) is 23.1 Å². The predicted octanol–water partition coefficient (Wildman–Crippen LogP) is 2.03. The van der Waals surface area contributed by atoms with Crippen LogP contribution in [0.5, 0.6) is 0 Å². The Morgan fingerprint density at radius 3 is 2.48 bits per heavy atom. The molecule has 0 bridgehead atoms. The van der Waals surface area contributed by atoms with Crippen molar-refractivity contribution < 1.29 is 4.79 Å². The van der Waals surface area contributed by atoms with E-state index in [0.717, 1.165) is 11.1 Å². The van der Waals surface area contributed by atoms with Gasteiger partial charge in [0.15, 0.2) is 5.41 Å². The van der Waals surface area contributed by atoms with Crippen LogP contribution in [0.4, 0.5) is 0 Å². The molecule has 1 aliphatic heterocycles. The fourth-order valence-corrected chi connectivity index (χ4v) is 4.11. The molecule has 6 heteroatoms. The summed E-state index contributed by atoms with van der Waals surface area (Å²) < 4.78 is 0. The molecule has 1 aromatic rings. The first-order valence-electron chi connectivity index (χ1n) is 8.71. The van der Waals surface area contributed by atoms with Gasteiger partial charge in [-0.1, -0.05) is 36.4 Å². The van der Waals surface area contributed by atoms with Crippen LogP contribution in [0.15, 0.2) is 53.3 Å². The minimum atomic E-state index is -1.61. The number of fused-ring (bicyclic) bond motifs is 1. The number of nitrogens with zero attached hydrogens (tertiary/aromatic N) is 4. The van der Waals surface area contributed by atoms with Gasteiger partial charge in [-0.2, -0.15) is 15.8 Å². The predicted molar refractivity (Wildman–Crippen MR) is 97.9 cm³/mol. The maximum absolute atomic E-state index is 11.9. The lowest BCUT2D eigenvalue weighted by Crippen LogP contribution is -2.50. The van der Waals surface area contributed by atoms with Crippen molar-refractivity contribution in [3.63, 3.8) is 0 Å². The Bertz CT molecular complexity index is 941. The molecule has 1 aliphatic carbocycles. The van der Waals surface area contributed by atoms with Crippen LogP contribution >= 0.6 is 0 Å². The summed E-state index contributed by atoms with van der Waals surface area (Å²) in [6.45, 7) is 2.25. The van der Waals surface area contributed by atoms with E-state index < -0.39 is 11.3 Å². The zero-order valence-corrected chi connectivity index (χ0v) is 15.0. The molecule has 1 heterocycles. The van der Waals surface area contributed by atoms with Gasteiger partial charge in [0.2, 0.25) is 5.91 Å². The number of hydrogen-bond acceptors (Lipinski definition) is 5. The van der Waals surface area contributed by atoms with E-state index in [2.05, 4.69) is 18.2 Å². The van der Waals surface area contributed by atoms with Crippen molar-refractivity contribution in [2.24, 2.45) is 23.0 Å². The summed E-state index contributed by atoms with van der Waals surface area (Å²) in [5.74, 6) is -0.839. The number of carbonyl (C=O) groups excluding carboxylic acids is 1. The van der Waals surface area contributed by atoms with Gasteiger partial charge in [0.05, 0.1) is 23.4 Å². The molecule has 0 radical (unpaired) electrons. The van der Waals surface area contributed by atoms with Crippen molar-refractivity contribution in [3.05, 3.63) is 58.8 Å². The average molecular weight is 357 g/mol. The molecule has 3 rings (SSSR count). The monoisotopic (exact) mass is 357 g/mol. The first-order chi connectivity index (χ1) is 13.0. The summed E-state index contributed by atoms with van der Waals surface area (Å²) >= 11 is 0. The van der Waals surface area contributed by atoms with Crippen LogP contribution in [0, 0.1) is 51.2 Å². The average Bonchev–Trinajstić information content (AvgIpc) is 2.69. The Balaban J connectivity index is 2.19. The summed E-state index contributed by atoms with van der Waals surface area (Å²) in [6.07, 6.45) is 2.28. The molecule has 2 atom stereocenters. The Hall–Kier alpha value is -3.56. The van der Waals surface area contributed by atoms with Gasteiger partial charge in [0.1, 0.15) is 6.07 Å². The molecule has 1 amide bonds. The molecule has 0 spiro atoms. The topological polar surface area (TPSA) is 118 Å². The van der Waals surface area contributed by atoms with Crippen molar-refractivity contribution in [1.29, 1.82) is 15.8 Å². The van der Waals surface area contributed by atoms with Crippen molar-refractivity contribution in [3.8, 4) is 18.2 Å². The third-order valence-electron chi connectivity index (χ3n) is 5.58. The zero-order chi connectivity index (χ0) is 19.6. The van der Waals surface area contributed by atoms with E-state index in [9.17, 15) is 20.6 Å². The molecule has 0 unspecified atom stereocenters. The Morgan fingerprint density at radius 1 is 1.26 bits per heavy atom. The number of benzene rings is 1. The third-order valence-corrected chi connectivity index (χ3v) is 5.58. The van der Waals surface area contributed by atoms with Gasteiger partial charge < -0.3 is 10.6 Å². The van der Waals surface area contributed by atoms with Crippen molar-refractivity contribution in [1.82, 2.24) is 4.90 Å². The molecule has 134 valence electrons. The van der Waals surface area contributed by atoms with Crippen molar-refractivity contribution >= 4 is 5.91 Å². The Kier molecular flexibility index (Phi) is 4.72. The summed E-state index contributed by atoms with van der Waals surface area (Å²) in [7, 11) is 0. The second kappa shape index (κ2) is 6.98. The van der Waals surface area contributed by atoms with Gasteiger partial charge in [-0.05, 0) is 17.6 Å². The lowest BCUT2D eigenvalue weighted by atomic mass is 9.58. The number of nitrogens with two attached hydrogens (primary N) is 1. The Labute approximate surface area is 158 Å². The van der Waals surface area contributed by atoms with Crippen molar-refractivity contribution in [2.75, 3.05) is 13.1 Å². The minimum absolute atomic E-state index is 0.0229. The number of allylic oxidation sites excluding steroid dienone is 2. The van der Waals surface area contributed by atoms with Crippen molar-refractivity contribution in [2.45, 2.75) is 13.3 Å². The number of amides is 1. The zero-order valence-electron chi connectivity index (χ0n) is 15.0. The summed E-state index contributed by atoms with van der Waals surface area (Å²) in [5.41, 5.74) is 6.57. The van der Waals surface area contributed by atoms with E-state index >= 15 is 0 Å². The summed E-state index contributed by atoms with van der Waals surface area (Å²) in [6, 6.07) is 15.9. The van der Waals surface area contributed by atoms with E-state index in [1.807, 2.05) is 36.4 Å². The SMILES string of the molecule is CC(=O)N1CC=C2C(C#N)=C(N)C(C#N)(C#N)[C@@H](Cc3ccccc3)[C@H]2C1. The summed E-state index contributed by atoms with van der Waals surface area (Å²) in [4.78, 5) is 13.6. The standard InChI is InChI=1S/C21H19N5O/c1-14(27)26-8-7-16-17(10-22)20(25)21(12-23,13-24)19(18(16)11-26)9-15-5-3-2-4-6-15/h2-7,18-19H,8-9,11,25H2,1H3/t18-,19-/m0/s1. The lowest BCUT2D eigenvalue weighted by molar-refractivity contribution is -0.129. The smallest absolute Gasteiger partial charge is 0.219 e. The highest BCUT2D eigenvalue weighted by atomic mass is 16.2. The molecule has 2 aliphatic rings. The largest absolute Gasteiger partial charge is 0.399 e. The maximum Gasteiger partial charge on any atom is 0.219 e. The van der Waals surface area contributed by atoms with Crippen LogP contribution in [0.25, 0.3) is 0 Å². The molecule has 0 fully saturated rings. The van der Waals surface area contributed by atoms with Crippen LogP contribution in [0.3, 0.4) is 0 Å². The molecular formula is C21H19N5O. The van der Waals surface area contributed by atoms with E-state index in [1.165, 1.54) is 6.92 Å². The van der Waals surface area contributed by atoms with E-state index in [4.69, 9.17) is 5.73 Å².